The second-order valence-electron chi connectivity index (χ2n) is 7.48. The number of likely N-dealkylation sites (N-methyl/N-ethyl adjacent to an activating group) is 1. The number of halogens is 1. The minimum Gasteiger partial charge on any atom is -0.480 e. The molecular formula is C20H25FN6O2S. The van der Waals surface area contributed by atoms with Crippen LogP contribution in [-0.2, 0) is 0 Å². The Bertz CT molecular complexity index is 997. The van der Waals surface area contributed by atoms with Gasteiger partial charge in [0.1, 0.15) is 17.3 Å². The van der Waals surface area contributed by atoms with Crippen LogP contribution in [0, 0.1) is 12.7 Å². The number of nitrogens with zero attached hydrogens (tertiary/aromatic N) is 4. The smallest absolute Gasteiger partial charge is 0.276 e. The molecule has 1 unspecified atom stereocenters. The topological polar surface area (TPSA) is 106 Å². The number of nitrogens with two attached hydrogens (primary N) is 1. The number of carbonyl (C=O) groups is 1. The van der Waals surface area contributed by atoms with E-state index in [0.29, 0.717) is 35.2 Å². The number of anilines is 1. The van der Waals surface area contributed by atoms with E-state index in [-0.39, 0.29) is 5.69 Å². The van der Waals surface area contributed by atoms with Crippen LogP contribution in [0.25, 0.3) is 0 Å². The van der Waals surface area contributed by atoms with Crippen LogP contribution in [0.5, 0.6) is 5.88 Å². The lowest BCUT2D eigenvalue weighted by molar-refractivity contribution is 0.102. The Labute approximate surface area is 179 Å². The molecule has 1 aromatic heterocycles. The van der Waals surface area contributed by atoms with Gasteiger partial charge in [0.25, 0.3) is 5.91 Å². The fourth-order valence-electron chi connectivity index (χ4n) is 3.10. The van der Waals surface area contributed by atoms with Crippen molar-refractivity contribution in [3.63, 3.8) is 0 Å². The molecule has 1 aromatic carbocycles. The molecular weight excluding hydrogens is 407 g/mol. The molecule has 0 bridgehead atoms. The third kappa shape index (κ3) is 4.71. The lowest BCUT2D eigenvalue weighted by Crippen LogP contribution is -2.36. The first-order chi connectivity index (χ1) is 14.1. The molecule has 0 radical (unpaired) electrons. The van der Waals surface area contributed by atoms with Gasteiger partial charge in [0.05, 0.1) is 29.8 Å². The molecule has 160 valence electrons. The summed E-state index contributed by atoms with van der Waals surface area (Å²) in [7, 11) is 3.39. The highest BCUT2D eigenvalue weighted by atomic mass is 32.2. The van der Waals surface area contributed by atoms with E-state index in [1.165, 1.54) is 25.4 Å². The van der Waals surface area contributed by atoms with E-state index in [2.05, 4.69) is 20.3 Å². The lowest BCUT2D eigenvalue weighted by atomic mass is 10.0. The zero-order chi connectivity index (χ0) is 22.1. The molecule has 0 fully saturated rings. The molecule has 0 spiro atoms. The van der Waals surface area contributed by atoms with Gasteiger partial charge in [0.15, 0.2) is 0 Å². The number of hydrogen-bond donors (Lipinski definition) is 2. The third-order valence-electron chi connectivity index (χ3n) is 4.69. The van der Waals surface area contributed by atoms with E-state index < -0.39 is 22.5 Å². The van der Waals surface area contributed by atoms with Gasteiger partial charge in [0.2, 0.25) is 5.88 Å². The molecule has 1 aliphatic rings. The number of methoxy groups -OCH3 is 1. The van der Waals surface area contributed by atoms with Crippen molar-refractivity contribution < 1.29 is 13.9 Å². The van der Waals surface area contributed by atoms with Gasteiger partial charge in [-0.1, -0.05) is 11.9 Å². The van der Waals surface area contributed by atoms with Crippen molar-refractivity contribution in [1.29, 1.82) is 0 Å². The number of hydrogen-bond acceptors (Lipinski definition) is 8. The number of aromatic nitrogens is 2. The van der Waals surface area contributed by atoms with E-state index in [0.717, 1.165) is 0 Å². The zero-order valence-electron chi connectivity index (χ0n) is 17.6. The summed E-state index contributed by atoms with van der Waals surface area (Å²) >= 11 is 1.55. The van der Waals surface area contributed by atoms with Crippen LogP contribution in [0.4, 0.5) is 10.1 Å². The van der Waals surface area contributed by atoms with E-state index in [1.807, 2.05) is 25.2 Å². The Hall–Kier alpha value is -2.72. The molecule has 10 heteroatoms. The van der Waals surface area contributed by atoms with Gasteiger partial charge < -0.3 is 15.8 Å². The molecule has 2 aromatic rings. The summed E-state index contributed by atoms with van der Waals surface area (Å²) in [6, 6.07) is 3.89. The summed E-state index contributed by atoms with van der Waals surface area (Å²) in [5, 5.41) is 2.75. The second kappa shape index (κ2) is 8.57. The predicted molar refractivity (Wildman–Crippen MR) is 116 cm³/mol. The highest BCUT2D eigenvalue weighted by Gasteiger charge is 2.32. The van der Waals surface area contributed by atoms with E-state index in [9.17, 15) is 9.18 Å². The molecule has 1 aliphatic heterocycles. The summed E-state index contributed by atoms with van der Waals surface area (Å²) < 4.78 is 21.3. The minimum atomic E-state index is -0.497. The molecule has 1 atom stereocenters. The molecule has 0 saturated heterocycles. The minimum absolute atomic E-state index is 0.163. The Kier molecular flexibility index (Phi) is 6.27. The molecule has 30 heavy (non-hydrogen) atoms. The van der Waals surface area contributed by atoms with Crippen LogP contribution in [0.2, 0.25) is 0 Å². The Balaban J connectivity index is 1.88. The van der Waals surface area contributed by atoms with Crippen molar-refractivity contribution in [2.75, 3.05) is 26.0 Å². The average Bonchev–Trinajstić information content (AvgIpc) is 2.77. The highest BCUT2D eigenvalue weighted by Crippen LogP contribution is 2.35. The molecule has 3 rings (SSSR count). The van der Waals surface area contributed by atoms with Crippen LogP contribution in [0.15, 0.2) is 29.4 Å². The summed E-state index contributed by atoms with van der Waals surface area (Å²) in [5.41, 5.74) is 7.55. The fraction of sp³-hybridized carbons (Fsp3) is 0.400. The first-order valence-corrected chi connectivity index (χ1v) is 10.1. The predicted octanol–water partition coefficient (Wildman–Crippen LogP) is 2.96. The maximum absolute atomic E-state index is 14.7. The van der Waals surface area contributed by atoms with Crippen LogP contribution in [-0.4, -0.2) is 51.5 Å². The van der Waals surface area contributed by atoms with Crippen LogP contribution >= 0.6 is 11.9 Å². The molecule has 1 amide bonds. The number of rotatable bonds is 4. The first-order valence-electron chi connectivity index (χ1n) is 9.33. The van der Waals surface area contributed by atoms with Gasteiger partial charge in [-0.2, -0.15) is 0 Å². The van der Waals surface area contributed by atoms with E-state index >= 15 is 0 Å². The average molecular weight is 433 g/mol. The quantitative estimate of drug-likeness (QED) is 0.716. The number of aliphatic imine (C=N–C) groups is 1. The fourth-order valence-corrected chi connectivity index (χ4v) is 4.24. The molecule has 0 saturated carbocycles. The number of amides is 1. The maximum Gasteiger partial charge on any atom is 0.276 e. The van der Waals surface area contributed by atoms with Gasteiger partial charge in [0, 0.05) is 17.8 Å². The van der Waals surface area contributed by atoms with Crippen molar-refractivity contribution >= 4 is 29.4 Å². The van der Waals surface area contributed by atoms with Crippen LogP contribution < -0.4 is 15.8 Å². The normalized spacial score (nSPS) is 19.0. The summed E-state index contributed by atoms with van der Waals surface area (Å²) in [5.74, 6) is -0.0901. The standard InChI is InChI=1S/C20H25FN6O2S/c1-11-17(23-9-16(24-11)29-5)18(28)25-12-6-7-14(21)13(8-12)15-10-27(4)30-20(2,3)19(22)26-15/h6-9,15H,10H2,1-5H3,(H2,22,26)(H,25,28). The number of ether oxygens (including phenoxy) is 1. The van der Waals surface area contributed by atoms with Gasteiger partial charge >= 0.3 is 0 Å². The zero-order valence-corrected chi connectivity index (χ0v) is 18.4. The maximum atomic E-state index is 14.7. The first kappa shape index (κ1) is 22.0. The van der Waals surface area contributed by atoms with E-state index in [4.69, 9.17) is 10.5 Å². The molecule has 3 N–H and O–H groups in total. The Morgan fingerprint density at radius 2 is 2.17 bits per heavy atom. The SMILES string of the molecule is COc1cnc(C(=O)Nc2ccc(F)c(C3CN(C)SC(C)(C)C(N)=N3)c2)c(C)n1. The summed E-state index contributed by atoms with van der Waals surface area (Å²) in [4.78, 5) is 25.5. The molecule has 8 nitrogen and oxygen atoms in total. The van der Waals surface area contributed by atoms with Crippen LogP contribution in [0.1, 0.15) is 41.6 Å². The van der Waals surface area contributed by atoms with Gasteiger partial charge in [-0.3, -0.25) is 14.1 Å². The van der Waals surface area contributed by atoms with Gasteiger partial charge in [-0.15, -0.1) is 0 Å². The molecule has 0 aliphatic carbocycles. The number of benzene rings is 1. The van der Waals surface area contributed by atoms with Crippen molar-refractivity contribution in [1.82, 2.24) is 14.3 Å². The van der Waals surface area contributed by atoms with E-state index in [1.54, 1.807) is 24.9 Å². The molecule has 2 heterocycles. The number of aryl methyl sites for hydroxylation is 1. The summed E-state index contributed by atoms with van der Waals surface area (Å²) in [6.07, 6.45) is 1.37. The van der Waals surface area contributed by atoms with Crippen molar-refractivity contribution in [3.05, 3.63) is 47.2 Å². The Morgan fingerprint density at radius 3 is 2.83 bits per heavy atom. The third-order valence-corrected chi connectivity index (χ3v) is 5.81. The second-order valence-corrected chi connectivity index (χ2v) is 9.31. The highest BCUT2D eigenvalue weighted by molar-refractivity contribution is 7.99. The lowest BCUT2D eigenvalue weighted by Gasteiger charge is -2.25. The van der Waals surface area contributed by atoms with Gasteiger partial charge in [-0.25, -0.2) is 14.4 Å². The van der Waals surface area contributed by atoms with Crippen molar-refractivity contribution in [2.45, 2.75) is 31.6 Å². The largest absolute Gasteiger partial charge is 0.480 e. The van der Waals surface area contributed by atoms with Crippen molar-refractivity contribution in [2.24, 2.45) is 10.7 Å². The van der Waals surface area contributed by atoms with Crippen LogP contribution in [0.3, 0.4) is 0 Å². The number of carbonyl (C=O) groups excluding carboxylic acids is 1. The monoisotopic (exact) mass is 432 g/mol. The van der Waals surface area contributed by atoms with Gasteiger partial charge in [-0.05, 0) is 46.0 Å². The van der Waals surface area contributed by atoms with Crippen molar-refractivity contribution in [3.8, 4) is 5.88 Å². The number of amidine groups is 1. The summed E-state index contributed by atoms with van der Waals surface area (Å²) in [6.45, 7) is 6.09. The Morgan fingerprint density at radius 1 is 1.43 bits per heavy atom. The number of nitrogens with one attached hydrogen (secondary N) is 1.